The van der Waals surface area contributed by atoms with Crippen LogP contribution < -0.4 is 5.32 Å². The van der Waals surface area contributed by atoms with Gasteiger partial charge in [-0.3, -0.25) is 0 Å². The molecule has 0 aliphatic rings. The van der Waals surface area contributed by atoms with E-state index in [9.17, 15) is 5.11 Å². The molecular formula is C15H16N4O. The molecule has 2 heterocycles. The van der Waals surface area contributed by atoms with Gasteiger partial charge in [0.2, 0.25) is 5.95 Å². The molecule has 1 unspecified atom stereocenters. The van der Waals surface area contributed by atoms with Crippen LogP contribution in [0.15, 0.2) is 48.7 Å². The van der Waals surface area contributed by atoms with Gasteiger partial charge in [0, 0.05) is 12.7 Å². The fraction of sp³-hybridized carbons (Fsp3) is 0.200. The first kappa shape index (κ1) is 12.6. The highest BCUT2D eigenvalue weighted by Gasteiger charge is 2.08. The van der Waals surface area contributed by atoms with Crippen LogP contribution in [0.25, 0.3) is 5.65 Å². The highest BCUT2D eigenvalue weighted by molar-refractivity contribution is 5.44. The normalized spacial score (nSPS) is 12.5. The Morgan fingerprint density at radius 1 is 1.20 bits per heavy atom. The highest BCUT2D eigenvalue weighted by atomic mass is 16.3. The van der Waals surface area contributed by atoms with Crippen LogP contribution in [0, 0.1) is 6.92 Å². The van der Waals surface area contributed by atoms with Gasteiger partial charge in [-0.05, 0) is 24.1 Å². The first-order valence-electron chi connectivity index (χ1n) is 6.52. The maximum absolute atomic E-state index is 10.1. The number of nitrogens with one attached hydrogen (secondary N) is 1. The molecule has 1 aromatic carbocycles. The van der Waals surface area contributed by atoms with E-state index in [1.54, 1.807) is 4.52 Å². The van der Waals surface area contributed by atoms with Gasteiger partial charge in [-0.15, -0.1) is 5.10 Å². The Balaban J connectivity index is 1.71. The van der Waals surface area contributed by atoms with Crippen molar-refractivity contribution in [1.82, 2.24) is 14.6 Å². The quantitative estimate of drug-likeness (QED) is 0.761. The van der Waals surface area contributed by atoms with Gasteiger partial charge in [0.25, 0.3) is 0 Å². The van der Waals surface area contributed by atoms with Crippen molar-refractivity contribution in [3.63, 3.8) is 0 Å². The van der Waals surface area contributed by atoms with E-state index in [2.05, 4.69) is 15.4 Å². The van der Waals surface area contributed by atoms with Gasteiger partial charge in [-0.2, -0.15) is 4.98 Å². The summed E-state index contributed by atoms with van der Waals surface area (Å²) in [5.41, 5.74) is 2.78. The summed E-state index contributed by atoms with van der Waals surface area (Å²) in [5, 5.41) is 17.5. The second-order valence-electron chi connectivity index (χ2n) is 4.75. The van der Waals surface area contributed by atoms with Crippen molar-refractivity contribution in [3.05, 3.63) is 59.8 Å². The van der Waals surface area contributed by atoms with Gasteiger partial charge < -0.3 is 10.4 Å². The molecule has 20 heavy (non-hydrogen) atoms. The van der Waals surface area contributed by atoms with E-state index in [4.69, 9.17) is 0 Å². The number of fused-ring (bicyclic) bond motifs is 1. The Labute approximate surface area is 116 Å². The Hall–Kier alpha value is -2.40. The largest absolute Gasteiger partial charge is 0.387 e. The predicted molar refractivity (Wildman–Crippen MR) is 77.6 cm³/mol. The minimum Gasteiger partial charge on any atom is -0.387 e. The van der Waals surface area contributed by atoms with Gasteiger partial charge in [0.05, 0.1) is 6.10 Å². The third-order valence-corrected chi connectivity index (χ3v) is 3.12. The van der Waals surface area contributed by atoms with Gasteiger partial charge >= 0.3 is 0 Å². The molecule has 3 aromatic rings. The topological polar surface area (TPSA) is 62.5 Å². The number of aliphatic hydroxyl groups is 1. The van der Waals surface area contributed by atoms with Crippen molar-refractivity contribution in [2.24, 2.45) is 0 Å². The zero-order chi connectivity index (χ0) is 13.9. The van der Waals surface area contributed by atoms with Crippen LogP contribution in [0.4, 0.5) is 5.95 Å². The summed E-state index contributed by atoms with van der Waals surface area (Å²) < 4.78 is 1.73. The van der Waals surface area contributed by atoms with Gasteiger partial charge in [-0.25, -0.2) is 4.52 Å². The molecule has 3 rings (SSSR count). The fourth-order valence-electron chi connectivity index (χ4n) is 2.04. The van der Waals surface area contributed by atoms with Crippen molar-refractivity contribution >= 4 is 11.6 Å². The van der Waals surface area contributed by atoms with Crippen LogP contribution in [-0.2, 0) is 0 Å². The number of pyridine rings is 1. The molecule has 2 aromatic heterocycles. The first-order chi connectivity index (χ1) is 9.72. The zero-order valence-electron chi connectivity index (χ0n) is 11.2. The Bertz CT molecular complexity index is 708. The number of rotatable bonds is 4. The van der Waals surface area contributed by atoms with Crippen molar-refractivity contribution in [2.45, 2.75) is 13.0 Å². The maximum Gasteiger partial charge on any atom is 0.243 e. The van der Waals surface area contributed by atoms with Crippen LogP contribution >= 0.6 is 0 Å². The van der Waals surface area contributed by atoms with E-state index in [0.717, 1.165) is 16.8 Å². The number of aromatic nitrogens is 3. The lowest BCUT2D eigenvalue weighted by molar-refractivity contribution is 0.191. The summed E-state index contributed by atoms with van der Waals surface area (Å²) in [7, 11) is 0. The van der Waals surface area contributed by atoms with Crippen molar-refractivity contribution in [2.75, 3.05) is 11.9 Å². The average Bonchev–Trinajstić information content (AvgIpc) is 2.87. The minimum atomic E-state index is -0.579. The Kier molecular flexibility index (Phi) is 3.35. The molecule has 5 heteroatoms. The van der Waals surface area contributed by atoms with E-state index in [0.29, 0.717) is 12.5 Å². The van der Waals surface area contributed by atoms with Crippen molar-refractivity contribution in [1.29, 1.82) is 0 Å². The number of nitrogens with zero attached hydrogens (tertiary/aromatic N) is 3. The van der Waals surface area contributed by atoms with Gasteiger partial charge in [-0.1, -0.05) is 36.4 Å². The van der Waals surface area contributed by atoms with Crippen LogP contribution in [-0.4, -0.2) is 26.2 Å². The third kappa shape index (κ3) is 2.62. The molecule has 0 aliphatic carbocycles. The lowest BCUT2D eigenvalue weighted by atomic mass is 10.1. The lowest BCUT2D eigenvalue weighted by Gasteiger charge is -2.10. The van der Waals surface area contributed by atoms with E-state index < -0.39 is 6.10 Å². The molecule has 0 saturated carbocycles. The monoisotopic (exact) mass is 268 g/mol. The minimum absolute atomic E-state index is 0.375. The molecule has 0 fully saturated rings. The number of aliphatic hydroxyl groups excluding tert-OH is 1. The SMILES string of the molecule is Cc1ccc2nc(NCC(O)c3ccccc3)nn2c1. The molecule has 102 valence electrons. The molecule has 0 aliphatic heterocycles. The predicted octanol–water partition coefficient (Wildman–Crippen LogP) is 2.18. The van der Waals surface area contributed by atoms with Crippen LogP contribution in [0.3, 0.4) is 0 Å². The molecular weight excluding hydrogens is 252 g/mol. The summed E-state index contributed by atoms with van der Waals surface area (Å²) in [5.74, 6) is 0.519. The summed E-state index contributed by atoms with van der Waals surface area (Å²) >= 11 is 0. The molecule has 5 nitrogen and oxygen atoms in total. The number of anilines is 1. The molecule has 0 radical (unpaired) electrons. The van der Waals surface area contributed by atoms with Gasteiger partial charge in [0.1, 0.15) is 0 Å². The van der Waals surface area contributed by atoms with Gasteiger partial charge in [0.15, 0.2) is 5.65 Å². The molecule has 0 saturated heterocycles. The van der Waals surface area contributed by atoms with E-state index >= 15 is 0 Å². The summed E-state index contributed by atoms with van der Waals surface area (Å²) in [6, 6.07) is 13.4. The zero-order valence-corrected chi connectivity index (χ0v) is 11.2. The molecule has 0 bridgehead atoms. The van der Waals surface area contributed by atoms with E-state index in [1.165, 1.54) is 0 Å². The highest BCUT2D eigenvalue weighted by Crippen LogP contribution is 2.13. The Morgan fingerprint density at radius 2 is 2.00 bits per heavy atom. The molecule has 1 atom stereocenters. The third-order valence-electron chi connectivity index (χ3n) is 3.12. The number of benzene rings is 1. The average molecular weight is 268 g/mol. The summed E-state index contributed by atoms with van der Waals surface area (Å²) in [4.78, 5) is 4.35. The molecule has 0 spiro atoms. The number of hydrogen-bond acceptors (Lipinski definition) is 4. The van der Waals surface area contributed by atoms with Crippen LogP contribution in [0.2, 0.25) is 0 Å². The van der Waals surface area contributed by atoms with Crippen LogP contribution in [0.1, 0.15) is 17.2 Å². The first-order valence-corrected chi connectivity index (χ1v) is 6.52. The summed E-state index contributed by atoms with van der Waals surface area (Å²) in [6.45, 7) is 2.38. The summed E-state index contributed by atoms with van der Waals surface area (Å²) in [6.07, 6.45) is 1.34. The lowest BCUT2D eigenvalue weighted by Crippen LogP contribution is -2.12. The number of hydrogen-bond donors (Lipinski definition) is 2. The molecule has 2 N–H and O–H groups in total. The van der Waals surface area contributed by atoms with Crippen LogP contribution in [0.5, 0.6) is 0 Å². The number of aryl methyl sites for hydroxylation is 1. The molecule has 0 amide bonds. The van der Waals surface area contributed by atoms with E-state index in [1.807, 2.05) is 55.6 Å². The second-order valence-corrected chi connectivity index (χ2v) is 4.75. The smallest absolute Gasteiger partial charge is 0.243 e. The maximum atomic E-state index is 10.1. The fourth-order valence-corrected chi connectivity index (χ4v) is 2.04. The van der Waals surface area contributed by atoms with Crippen molar-refractivity contribution < 1.29 is 5.11 Å². The standard InChI is InChI=1S/C15H16N4O/c1-11-7-8-14-17-15(18-19(14)10-11)16-9-13(20)12-5-3-2-4-6-12/h2-8,10,13,20H,9H2,1H3,(H,16,18). The Morgan fingerprint density at radius 3 is 2.80 bits per heavy atom. The second kappa shape index (κ2) is 5.30. The van der Waals surface area contributed by atoms with E-state index in [-0.39, 0.29) is 0 Å². The van der Waals surface area contributed by atoms with Crippen molar-refractivity contribution in [3.8, 4) is 0 Å².